The van der Waals surface area contributed by atoms with Gasteiger partial charge in [0.15, 0.2) is 0 Å². The fraction of sp³-hybridized carbons (Fsp3) is 0. The molecule has 0 bridgehead atoms. The number of phenolic OH excluding ortho intramolecular Hbond substituents is 1. The van der Waals surface area contributed by atoms with Crippen LogP contribution in [0.1, 0.15) is 11.1 Å². The molecule has 1 aliphatic rings. The van der Waals surface area contributed by atoms with E-state index in [1.165, 1.54) is 12.1 Å². The van der Waals surface area contributed by atoms with E-state index in [2.05, 4.69) is 9.97 Å². The summed E-state index contributed by atoms with van der Waals surface area (Å²) in [7, 11) is 0. The molecule has 3 aromatic carbocycles. The Morgan fingerprint density at radius 1 is 0.706 bits per heavy atom. The maximum atomic E-state index is 13.8. The van der Waals surface area contributed by atoms with Gasteiger partial charge in [-0.3, -0.25) is 9.59 Å². The molecule has 3 heterocycles. The van der Waals surface area contributed by atoms with Crippen LogP contribution < -0.4 is 11.0 Å². The van der Waals surface area contributed by atoms with Crippen LogP contribution in [0.3, 0.4) is 0 Å². The van der Waals surface area contributed by atoms with Crippen molar-refractivity contribution in [3.8, 4) is 5.75 Å². The SMILES string of the molecule is NN(c1ccccc1O)N1C(=O)C(c2c[nH]c3ccccc23)=C(c2c[nH]c3ccccc23)C1=O. The Labute approximate surface area is 193 Å². The number of carbonyl (C=O) groups excluding carboxylic acids is 2. The number of benzene rings is 3. The van der Waals surface area contributed by atoms with Crippen molar-refractivity contribution in [2.24, 2.45) is 5.84 Å². The number of hydrogen-bond acceptors (Lipinski definition) is 5. The standard InChI is InChI=1S/C26H19N5O3/c27-31(21-11-5-6-12-22(21)32)30-25(33)23(17-13-28-19-9-3-1-7-15(17)19)24(26(30)34)18-14-29-20-10-4-2-8-16(18)20/h1-14,28-29,32H,27H2. The molecule has 8 heteroatoms. The molecule has 1 aliphatic heterocycles. The summed E-state index contributed by atoms with van der Waals surface area (Å²) >= 11 is 0. The summed E-state index contributed by atoms with van der Waals surface area (Å²) in [5, 5.41) is 13.7. The van der Waals surface area contributed by atoms with Crippen molar-refractivity contribution in [2.75, 3.05) is 5.12 Å². The predicted octanol–water partition coefficient (Wildman–Crippen LogP) is 3.93. The zero-order valence-corrected chi connectivity index (χ0v) is 17.8. The first kappa shape index (κ1) is 19.8. The number of nitrogens with zero attached hydrogens (tertiary/aromatic N) is 2. The molecule has 5 N–H and O–H groups in total. The lowest BCUT2D eigenvalue weighted by molar-refractivity contribution is -0.136. The number of para-hydroxylation sites is 4. The summed E-state index contributed by atoms with van der Waals surface area (Å²) in [6.45, 7) is 0. The number of H-pyrrole nitrogens is 2. The van der Waals surface area contributed by atoms with E-state index < -0.39 is 11.8 Å². The van der Waals surface area contributed by atoms with Gasteiger partial charge >= 0.3 is 0 Å². The van der Waals surface area contributed by atoms with E-state index in [9.17, 15) is 14.7 Å². The van der Waals surface area contributed by atoms with Crippen molar-refractivity contribution in [3.05, 3.63) is 96.3 Å². The zero-order chi connectivity index (χ0) is 23.4. The first-order valence-electron chi connectivity index (χ1n) is 10.6. The maximum Gasteiger partial charge on any atom is 0.282 e. The third kappa shape index (κ3) is 2.76. The number of phenols is 1. The molecule has 166 valence electrons. The van der Waals surface area contributed by atoms with E-state index in [-0.39, 0.29) is 22.6 Å². The van der Waals surface area contributed by atoms with Crippen LogP contribution >= 0.6 is 0 Å². The van der Waals surface area contributed by atoms with E-state index in [4.69, 9.17) is 5.84 Å². The number of amides is 2. The average Bonchev–Trinajstić information content (AvgIpc) is 3.53. The van der Waals surface area contributed by atoms with Crippen LogP contribution in [-0.4, -0.2) is 31.9 Å². The van der Waals surface area contributed by atoms with Gasteiger partial charge in [-0.1, -0.05) is 48.5 Å². The monoisotopic (exact) mass is 449 g/mol. The Hall–Kier alpha value is -4.82. The molecule has 2 amide bonds. The Morgan fingerprint density at radius 2 is 1.18 bits per heavy atom. The fourth-order valence-corrected chi connectivity index (χ4v) is 4.54. The molecule has 0 atom stereocenters. The molecule has 0 spiro atoms. The minimum atomic E-state index is -0.583. The third-order valence-corrected chi connectivity index (χ3v) is 6.12. The topological polar surface area (TPSA) is 118 Å². The predicted molar refractivity (Wildman–Crippen MR) is 130 cm³/mol. The Bertz CT molecular complexity index is 1550. The van der Waals surface area contributed by atoms with Crippen LogP contribution in [0.25, 0.3) is 33.0 Å². The summed E-state index contributed by atoms with van der Waals surface area (Å²) in [4.78, 5) is 34.1. The molecule has 34 heavy (non-hydrogen) atoms. The van der Waals surface area contributed by atoms with Gasteiger partial charge < -0.3 is 15.1 Å². The van der Waals surface area contributed by atoms with Gasteiger partial charge in [-0.25, -0.2) is 11.0 Å². The summed E-state index contributed by atoms with van der Waals surface area (Å²) in [6, 6.07) is 21.4. The smallest absolute Gasteiger partial charge is 0.282 e. The first-order valence-corrected chi connectivity index (χ1v) is 10.6. The molecule has 5 aromatic rings. The highest BCUT2D eigenvalue weighted by Crippen LogP contribution is 2.42. The number of imide groups is 1. The molecule has 8 nitrogen and oxygen atoms in total. The molecular weight excluding hydrogens is 430 g/mol. The second kappa shape index (κ2) is 7.36. The second-order valence-corrected chi connectivity index (χ2v) is 8.00. The van der Waals surface area contributed by atoms with Gasteiger partial charge in [0.05, 0.1) is 11.1 Å². The van der Waals surface area contributed by atoms with Crippen molar-refractivity contribution in [2.45, 2.75) is 0 Å². The van der Waals surface area contributed by atoms with E-state index in [1.807, 2.05) is 48.5 Å². The number of rotatable bonds is 4. The highest BCUT2D eigenvalue weighted by molar-refractivity contribution is 6.51. The number of carbonyl (C=O) groups is 2. The van der Waals surface area contributed by atoms with E-state index >= 15 is 0 Å². The number of aromatic hydroxyl groups is 1. The summed E-state index contributed by atoms with van der Waals surface area (Å²) in [5.41, 5.74) is 3.48. The lowest BCUT2D eigenvalue weighted by Gasteiger charge is -2.28. The van der Waals surface area contributed by atoms with E-state index in [0.717, 1.165) is 31.9 Å². The van der Waals surface area contributed by atoms with Gasteiger partial charge in [-0.05, 0) is 24.3 Å². The fourth-order valence-electron chi connectivity index (χ4n) is 4.54. The van der Waals surface area contributed by atoms with E-state index in [1.54, 1.807) is 24.5 Å². The number of fused-ring (bicyclic) bond motifs is 2. The molecular formula is C26H19N5O3. The van der Waals surface area contributed by atoms with Gasteiger partial charge in [0.2, 0.25) is 0 Å². The first-order chi connectivity index (χ1) is 16.6. The van der Waals surface area contributed by atoms with Gasteiger partial charge in [0.25, 0.3) is 11.8 Å². The van der Waals surface area contributed by atoms with Crippen LogP contribution in [0.4, 0.5) is 5.69 Å². The lowest BCUT2D eigenvalue weighted by atomic mass is 9.95. The number of aromatic amines is 2. The van der Waals surface area contributed by atoms with E-state index in [0.29, 0.717) is 11.1 Å². The summed E-state index contributed by atoms with van der Waals surface area (Å²) < 4.78 is 0. The minimum absolute atomic E-state index is 0.127. The van der Waals surface area contributed by atoms with Gasteiger partial charge in [0, 0.05) is 45.3 Å². The molecule has 0 saturated carbocycles. The largest absolute Gasteiger partial charge is 0.506 e. The molecule has 0 saturated heterocycles. The highest BCUT2D eigenvalue weighted by atomic mass is 16.3. The van der Waals surface area contributed by atoms with Crippen molar-refractivity contribution in [1.29, 1.82) is 0 Å². The third-order valence-electron chi connectivity index (χ3n) is 6.12. The van der Waals surface area contributed by atoms with Crippen LogP contribution in [0.5, 0.6) is 5.75 Å². The second-order valence-electron chi connectivity index (χ2n) is 8.00. The molecule has 6 rings (SSSR count). The Morgan fingerprint density at radius 3 is 1.71 bits per heavy atom. The molecule has 0 fully saturated rings. The number of hydrogen-bond donors (Lipinski definition) is 4. The van der Waals surface area contributed by atoms with Crippen molar-refractivity contribution in [3.63, 3.8) is 0 Å². The Balaban J connectivity index is 1.60. The number of nitrogens with two attached hydrogens (primary N) is 1. The molecule has 0 unspecified atom stereocenters. The molecule has 2 aromatic heterocycles. The average molecular weight is 449 g/mol. The van der Waals surface area contributed by atoms with Gasteiger partial charge in [-0.15, -0.1) is 0 Å². The lowest BCUT2D eigenvalue weighted by Crippen LogP contribution is -2.51. The van der Waals surface area contributed by atoms with Crippen molar-refractivity contribution >= 4 is 50.5 Å². The Kier molecular flexibility index (Phi) is 4.29. The van der Waals surface area contributed by atoms with Crippen LogP contribution in [0.15, 0.2) is 85.2 Å². The van der Waals surface area contributed by atoms with Gasteiger partial charge in [-0.2, -0.15) is 5.01 Å². The number of hydrazine groups is 2. The normalized spacial score (nSPS) is 14.1. The maximum absolute atomic E-state index is 13.8. The van der Waals surface area contributed by atoms with Crippen LogP contribution in [-0.2, 0) is 9.59 Å². The van der Waals surface area contributed by atoms with Crippen molar-refractivity contribution < 1.29 is 14.7 Å². The van der Waals surface area contributed by atoms with Crippen LogP contribution in [0, 0.1) is 0 Å². The molecule has 0 aliphatic carbocycles. The zero-order valence-electron chi connectivity index (χ0n) is 17.8. The number of anilines is 1. The molecule has 0 radical (unpaired) electrons. The summed E-state index contributed by atoms with van der Waals surface area (Å²) in [5.74, 6) is 4.94. The highest BCUT2D eigenvalue weighted by Gasteiger charge is 2.44. The summed E-state index contributed by atoms with van der Waals surface area (Å²) in [6.07, 6.45) is 3.45. The van der Waals surface area contributed by atoms with Crippen LogP contribution in [0.2, 0.25) is 0 Å². The van der Waals surface area contributed by atoms with Crippen molar-refractivity contribution in [1.82, 2.24) is 15.0 Å². The van der Waals surface area contributed by atoms with Gasteiger partial charge in [0.1, 0.15) is 11.4 Å². The number of nitrogens with one attached hydrogen (secondary N) is 2. The number of aromatic nitrogens is 2. The minimum Gasteiger partial charge on any atom is -0.506 e. The quantitative estimate of drug-likeness (QED) is 0.188.